The molecule has 2 aromatic carbocycles. The molecule has 1 aliphatic heterocycles. The third kappa shape index (κ3) is 4.11. The lowest BCUT2D eigenvalue weighted by Gasteiger charge is -2.39. The van der Waals surface area contributed by atoms with Crippen molar-refractivity contribution in [3.05, 3.63) is 70.2 Å². The van der Waals surface area contributed by atoms with E-state index in [0.717, 1.165) is 28.4 Å². The van der Waals surface area contributed by atoms with Crippen LogP contribution in [0.5, 0.6) is 0 Å². The molecule has 0 bridgehead atoms. The normalized spacial score (nSPS) is 17.7. The highest BCUT2D eigenvalue weighted by Gasteiger charge is 2.38. The highest BCUT2D eigenvalue weighted by atomic mass is 79.9. The van der Waals surface area contributed by atoms with Crippen LogP contribution in [0.15, 0.2) is 59.1 Å². The van der Waals surface area contributed by atoms with Gasteiger partial charge in [-0.05, 0) is 36.1 Å². The lowest BCUT2D eigenvalue weighted by atomic mass is 9.82. The van der Waals surface area contributed by atoms with Crippen molar-refractivity contribution in [1.82, 2.24) is 5.32 Å². The van der Waals surface area contributed by atoms with Crippen LogP contribution in [0.25, 0.3) is 0 Å². The Balaban J connectivity index is 1.88. The van der Waals surface area contributed by atoms with Crippen LogP contribution in [0.1, 0.15) is 30.1 Å². The topological polar surface area (TPSA) is 47.6 Å². The Labute approximate surface area is 156 Å². The Kier molecular flexibility index (Phi) is 5.89. The molecule has 132 valence electrons. The third-order valence-electron chi connectivity index (χ3n) is 4.66. The quantitative estimate of drug-likeness (QED) is 0.821. The van der Waals surface area contributed by atoms with Gasteiger partial charge in [0, 0.05) is 24.8 Å². The smallest absolute Gasteiger partial charge is 0.254 e. The Bertz CT molecular complexity index is 714. The summed E-state index contributed by atoms with van der Waals surface area (Å²) in [6.07, 6.45) is 0.842. The number of halogens is 1. The van der Waals surface area contributed by atoms with Gasteiger partial charge >= 0.3 is 0 Å². The molecule has 0 aliphatic carbocycles. The second-order valence-electron chi connectivity index (χ2n) is 6.22. The minimum absolute atomic E-state index is 0.129. The Morgan fingerprint density at radius 1 is 1.16 bits per heavy atom. The summed E-state index contributed by atoms with van der Waals surface area (Å²) < 4.78 is 12.0. The number of hydrogen-bond acceptors (Lipinski definition) is 3. The predicted octanol–water partition coefficient (Wildman–Crippen LogP) is 3.96. The highest BCUT2D eigenvalue weighted by molar-refractivity contribution is 9.10. The molecule has 0 radical (unpaired) electrons. The fraction of sp³-hybridized carbons (Fsp3) is 0.350. The van der Waals surface area contributed by atoms with E-state index in [2.05, 4.69) is 33.4 Å². The fourth-order valence-corrected chi connectivity index (χ4v) is 3.71. The Morgan fingerprint density at radius 3 is 2.52 bits per heavy atom. The van der Waals surface area contributed by atoms with Crippen LogP contribution in [-0.2, 0) is 19.8 Å². The Morgan fingerprint density at radius 2 is 1.88 bits per heavy atom. The molecule has 0 saturated carbocycles. The SMILES string of the molecule is CO[C@@H](C(=O)NC1(c2cccc(Br)c2)CCOCC1)c1ccccc1. The zero-order valence-corrected chi connectivity index (χ0v) is 15.8. The van der Waals surface area contributed by atoms with Gasteiger partial charge in [-0.3, -0.25) is 4.79 Å². The summed E-state index contributed by atoms with van der Waals surface area (Å²) in [5, 5.41) is 3.26. The monoisotopic (exact) mass is 403 g/mol. The maximum Gasteiger partial charge on any atom is 0.254 e. The summed E-state index contributed by atoms with van der Waals surface area (Å²) in [5.41, 5.74) is 1.49. The number of amides is 1. The van der Waals surface area contributed by atoms with Crippen molar-refractivity contribution in [3.63, 3.8) is 0 Å². The van der Waals surface area contributed by atoms with E-state index in [4.69, 9.17) is 9.47 Å². The van der Waals surface area contributed by atoms with Gasteiger partial charge in [0.15, 0.2) is 6.10 Å². The number of carbonyl (C=O) groups is 1. The molecule has 1 fully saturated rings. The molecule has 1 atom stereocenters. The molecule has 0 spiro atoms. The van der Waals surface area contributed by atoms with Gasteiger partial charge in [-0.15, -0.1) is 0 Å². The molecule has 1 aliphatic rings. The average Bonchev–Trinajstić information content (AvgIpc) is 2.64. The van der Waals surface area contributed by atoms with Crippen LogP contribution in [0, 0.1) is 0 Å². The summed E-state index contributed by atoms with van der Waals surface area (Å²) in [4.78, 5) is 13.0. The lowest BCUT2D eigenvalue weighted by Crippen LogP contribution is -2.51. The van der Waals surface area contributed by atoms with E-state index in [1.165, 1.54) is 0 Å². The van der Waals surface area contributed by atoms with Crippen LogP contribution < -0.4 is 5.32 Å². The van der Waals surface area contributed by atoms with Crippen LogP contribution in [0.3, 0.4) is 0 Å². The summed E-state index contributed by atoms with van der Waals surface area (Å²) in [6.45, 7) is 1.24. The van der Waals surface area contributed by atoms with E-state index >= 15 is 0 Å². The van der Waals surface area contributed by atoms with Gasteiger partial charge in [0.2, 0.25) is 0 Å². The number of benzene rings is 2. The number of methoxy groups -OCH3 is 1. The van der Waals surface area contributed by atoms with E-state index in [-0.39, 0.29) is 5.91 Å². The number of hydrogen-bond donors (Lipinski definition) is 1. The van der Waals surface area contributed by atoms with Crippen LogP contribution in [0.2, 0.25) is 0 Å². The molecular formula is C20H22BrNO3. The molecule has 4 nitrogen and oxygen atoms in total. The van der Waals surface area contributed by atoms with E-state index in [9.17, 15) is 4.79 Å². The summed E-state index contributed by atoms with van der Waals surface area (Å²) in [5.74, 6) is -0.129. The zero-order chi connectivity index (χ0) is 17.7. The second kappa shape index (κ2) is 8.13. The molecule has 1 amide bonds. The molecule has 0 aromatic heterocycles. The summed E-state index contributed by atoms with van der Waals surface area (Å²) in [6, 6.07) is 17.7. The largest absolute Gasteiger partial charge is 0.381 e. The first-order valence-electron chi connectivity index (χ1n) is 8.38. The number of rotatable bonds is 5. The van der Waals surface area contributed by atoms with Crippen molar-refractivity contribution < 1.29 is 14.3 Å². The first-order chi connectivity index (χ1) is 12.1. The fourth-order valence-electron chi connectivity index (χ4n) is 3.32. The van der Waals surface area contributed by atoms with Gasteiger partial charge in [-0.1, -0.05) is 58.4 Å². The second-order valence-corrected chi connectivity index (χ2v) is 7.14. The van der Waals surface area contributed by atoms with Crippen molar-refractivity contribution in [2.24, 2.45) is 0 Å². The van der Waals surface area contributed by atoms with Gasteiger partial charge in [0.1, 0.15) is 0 Å². The first-order valence-corrected chi connectivity index (χ1v) is 9.17. The van der Waals surface area contributed by atoms with E-state index in [0.29, 0.717) is 13.2 Å². The molecule has 2 aromatic rings. The molecule has 1 heterocycles. The van der Waals surface area contributed by atoms with Crippen molar-refractivity contribution in [1.29, 1.82) is 0 Å². The minimum Gasteiger partial charge on any atom is -0.381 e. The van der Waals surface area contributed by atoms with Crippen molar-refractivity contribution in [3.8, 4) is 0 Å². The number of carbonyl (C=O) groups excluding carboxylic acids is 1. The maximum atomic E-state index is 13.0. The predicted molar refractivity (Wildman–Crippen MR) is 100 cm³/mol. The third-order valence-corrected chi connectivity index (χ3v) is 5.16. The van der Waals surface area contributed by atoms with Gasteiger partial charge < -0.3 is 14.8 Å². The summed E-state index contributed by atoms with van der Waals surface area (Å²) in [7, 11) is 1.56. The number of ether oxygens (including phenoxy) is 2. The zero-order valence-electron chi connectivity index (χ0n) is 14.2. The van der Waals surface area contributed by atoms with Crippen molar-refractivity contribution >= 4 is 21.8 Å². The van der Waals surface area contributed by atoms with E-state index in [1.54, 1.807) is 7.11 Å². The standard InChI is InChI=1S/C20H22BrNO3/c1-24-18(15-6-3-2-4-7-15)19(23)22-20(10-12-25-13-11-20)16-8-5-9-17(21)14-16/h2-9,14,18H,10-13H2,1H3,(H,22,23)/t18-/m1/s1. The Hall–Kier alpha value is -1.69. The van der Waals surface area contributed by atoms with Crippen molar-refractivity contribution in [2.45, 2.75) is 24.5 Å². The van der Waals surface area contributed by atoms with Gasteiger partial charge in [0.25, 0.3) is 5.91 Å². The van der Waals surface area contributed by atoms with Gasteiger partial charge in [0.05, 0.1) is 5.54 Å². The molecule has 0 unspecified atom stereocenters. The van der Waals surface area contributed by atoms with Crippen LogP contribution in [0.4, 0.5) is 0 Å². The van der Waals surface area contributed by atoms with E-state index < -0.39 is 11.6 Å². The van der Waals surface area contributed by atoms with Crippen LogP contribution in [-0.4, -0.2) is 26.2 Å². The maximum absolute atomic E-state index is 13.0. The van der Waals surface area contributed by atoms with Crippen molar-refractivity contribution in [2.75, 3.05) is 20.3 Å². The molecule has 5 heteroatoms. The average molecular weight is 404 g/mol. The summed E-state index contributed by atoms with van der Waals surface area (Å²) >= 11 is 3.53. The van der Waals surface area contributed by atoms with Gasteiger partial charge in [-0.2, -0.15) is 0 Å². The minimum atomic E-state index is -0.631. The highest BCUT2D eigenvalue weighted by Crippen LogP contribution is 2.34. The first kappa shape index (κ1) is 18.1. The molecule has 1 saturated heterocycles. The molecule has 1 N–H and O–H groups in total. The lowest BCUT2D eigenvalue weighted by molar-refractivity contribution is -0.135. The number of nitrogens with one attached hydrogen (secondary N) is 1. The van der Waals surface area contributed by atoms with E-state index in [1.807, 2.05) is 42.5 Å². The molecule has 25 heavy (non-hydrogen) atoms. The molecule has 3 rings (SSSR count). The molecular weight excluding hydrogens is 382 g/mol. The van der Waals surface area contributed by atoms with Crippen LogP contribution >= 0.6 is 15.9 Å². The van der Waals surface area contributed by atoms with Gasteiger partial charge in [-0.25, -0.2) is 0 Å².